The molecule has 0 atom stereocenters. The summed E-state index contributed by atoms with van der Waals surface area (Å²) in [7, 11) is 1.69. The maximum absolute atomic E-state index is 11.8. The second-order valence-electron chi connectivity index (χ2n) is 5.77. The topological polar surface area (TPSA) is 29.5 Å². The van der Waals surface area contributed by atoms with Gasteiger partial charge in [-0.2, -0.15) is 0 Å². The molecule has 1 aromatic rings. The average Bonchev–Trinajstić information content (AvgIpc) is 2.79. The summed E-state index contributed by atoms with van der Waals surface area (Å²) in [6, 6.07) is 4.12. The number of hydrogen-bond acceptors (Lipinski definition) is 3. The van der Waals surface area contributed by atoms with E-state index in [1.165, 1.54) is 24.1 Å². The molecule has 0 radical (unpaired) electrons. The molecule has 3 rings (SSSR count). The number of rotatable bonds is 2. The maximum Gasteiger partial charge on any atom is 0.163 e. The first-order valence-corrected chi connectivity index (χ1v) is 7.18. The van der Waals surface area contributed by atoms with Gasteiger partial charge in [0.1, 0.15) is 5.75 Å². The summed E-state index contributed by atoms with van der Waals surface area (Å²) in [4.78, 5) is 14.2. The second-order valence-corrected chi connectivity index (χ2v) is 5.77. The van der Waals surface area contributed by atoms with E-state index in [4.69, 9.17) is 4.74 Å². The Morgan fingerprint density at radius 1 is 1.21 bits per heavy atom. The van der Waals surface area contributed by atoms with E-state index in [1.54, 1.807) is 7.11 Å². The van der Waals surface area contributed by atoms with Crippen LogP contribution in [0.5, 0.6) is 5.75 Å². The monoisotopic (exact) mass is 259 g/mol. The highest BCUT2D eigenvalue weighted by Gasteiger charge is 2.25. The second kappa shape index (κ2) is 4.87. The number of aryl methyl sites for hydroxylation is 1. The number of ether oxygens (including phenoxy) is 1. The third-order valence-corrected chi connectivity index (χ3v) is 4.45. The Morgan fingerprint density at radius 2 is 1.95 bits per heavy atom. The van der Waals surface area contributed by atoms with Gasteiger partial charge in [0.15, 0.2) is 5.78 Å². The van der Waals surface area contributed by atoms with Gasteiger partial charge >= 0.3 is 0 Å². The number of fused-ring (bicyclic) bond motifs is 1. The third-order valence-electron chi connectivity index (χ3n) is 4.45. The van der Waals surface area contributed by atoms with Crippen molar-refractivity contribution in [2.45, 2.75) is 32.6 Å². The Bertz CT molecular complexity index is 502. The molecule has 2 aliphatic rings. The van der Waals surface area contributed by atoms with Crippen LogP contribution in [0.15, 0.2) is 12.1 Å². The number of carbonyl (C=O) groups is 1. The summed E-state index contributed by atoms with van der Waals surface area (Å²) in [5.41, 5.74) is 3.23. The van der Waals surface area contributed by atoms with Gasteiger partial charge in [0.05, 0.1) is 12.8 Å². The van der Waals surface area contributed by atoms with Crippen LogP contribution in [0.4, 0.5) is 5.69 Å². The van der Waals surface area contributed by atoms with Crippen LogP contribution in [0, 0.1) is 5.92 Å². The number of nitrogens with zero attached hydrogens (tertiary/aromatic N) is 1. The van der Waals surface area contributed by atoms with Gasteiger partial charge < -0.3 is 9.64 Å². The van der Waals surface area contributed by atoms with E-state index in [2.05, 4.69) is 17.9 Å². The molecule has 3 heteroatoms. The van der Waals surface area contributed by atoms with Crippen molar-refractivity contribution in [1.29, 1.82) is 0 Å². The van der Waals surface area contributed by atoms with Gasteiger partial charge in [0, 0.05) is 25.1 Å². The van der Waals surface area contributed by atoms with Crippen molar-refractivity contribution in [3.05, 3.63) is 23.3 Å². The van der Waals surface area contributed by atoms with Crippen LogP contribution in [-0.2, 0) is 6.42 Å². The molecule has 1 aromatic carbocycles. The van der Waals surface area contributed by atoms with Crippen molar-refractivity contribution in [1.82, 2.24) is 0 Å². The van der Waals surface area contributed by atoms with Crippen molar-refractivity contribution in [2.75, 3.05) is 25.1 Å². The van der Waals surface area contributed by atoms with Gasteiger partial charge in [0.2, 0.25) is 0 Å². The lowest BCUT2D eigenvalue weighted by atomic mass is 9.98. The molecule has 0 spiro atoms. The molecule has 0 saturated carbocycles. The minimum absolute atomic E-state index is 0.257. The van der Waals surface area contributed by atoms with Crippen molar-refractivity contribution in [2.24, 2.45) is 5.92 Å². The summed E-state index contributed by atoms with van der Waals surface area (Å²) in [5.74, 6) is 1.92. The number of ketones is 1. The summed E-state index contributed by atoms with van der Waals surface area (Å²) in [6.45, 7) is 4.49. The van der Waals surface area contributed by atoms with Crippen molar-refractivity contribution in [3.63, 3.8) is 0 Å². The largest absolute Gasteiger partial charge is 0.495 e. The zero-order valence-corrected chi connectivity index (χ0v) is 11.7. The van der Waals surface area contributed by atoms with Crippen molar-refractivity contribution >= 4 is 11.5 Å². The minimum atomic E-state index is 0.257. The van der Waals surface area contributed by atoms with Crippen LogP contribution in [0.3, 0.4) is 0 Å². The quantitative estimate of drug-likeness (QED) is 0.817. The molecule has 0 unspecified atom stereocenters. The van der Waals surface area contributed by atoms with Gasteiger partial charge in [0.25, 0.3) is 0 Å². The molecule has 102 valence electrons. The molecular weight excluding hydrogens is 238 g/mol. The van der Waals surface area contributed by atoms with Crippen LogP contribution >= 0.6 is 0 Å². The first kappa shape index (κ1) is 12.5. The van der Waals surface area contributed by atoms with E-state index in [9.17, 15) is 4.79 Å². The fourth-order valence-electron chi connectivity index (χ4n) is 3.12. The zero-order chi connectivity index (χ0) is 13.4. The Labute approximate surface area is 114 Å². The third kappa shape index (κ3) is 2.22. The van der Waals surface area contributed by atoms with Gasteiger partial charge in [-0.25, -0.2) is 0 Å². The van der Waals surface area contributed by atoms with Crippen molar-refractivity contribution < 1.29 is 9.53 Å². The average molecular weight is 259 g/mol. The lowest BCUT2D eigenvalue weighted by molar-refractivity contribution is 0.0994. The number of piperidine rings is 1. The Hall–Kier alpha value is -1.51. The molecule has 1 aliphatic heterocycles. The summed E-state index contributed by atoms with van der Waals surface area (Å²) >= 11 is 0. The molecule has 19 heavy (non-hydrogen) atoms. The van der Waals surface area contributed by atoms with Gasteiger partial charge in [-0.3, -0.25) is 4.79 Å². The van der Waals surface area contributed by atoms with Gasteiger partial charge in [-0.1, -0.05) is 6.92 Å². The number of methoxy groups -OCH3 is 1. The molecule has 0 aromatic heterocycles. The van der Waals surface area contributed by atoms with Crippen LogP contribution in [0.25, 0.3) is 0 Å². The molecule has 0 bridgehead atoms. The molecule has 1 heterocycles. The Kier molecular flexibility index (Phi) is 3.21. The van der Waals surface area contributed by atoms with E-state index in [0.29, 0.717) is 6.42 Å². The number of anilines is 1. The highest BCUT2D eigenvalue weighted by atomic mass is 16.5. The van der Waals surface area contributed by atoms with Crippen molar-refractivity contribution in [3.8, 4) is 5.75 Å². The SMILES string of the molecule is COc1cc2c(cc1N1CCC(C)CC1)CCC2=O. The molecule has 0 amide bonds. The van der Waals surface area contributed by atoms with E-state index in [0.717, 1.165) is 36.7 Å². The van der Waals surface area contributed by atoms with Crippen LogP contribution in [0.2, 0.25) is 0 Å². The Morgan fingerprint density at radius 3 is 2.63 bits per heavy atom. The minimum Gasteiger partial charge on any atom is -0.495 e. The smallest absolute Gasteiger partial charge is 0.163 e. The summed E-state index contributed by atoms with van der Waals surface area (Å²) in [6.07, 6.45) is 4.01. The van der Waals surface area contributed by atoms with Crippen LogP contribution in [-0.4, -0.2) is 26.0 Å². The molecule has 1 saturated heterocycles. The number of benzene rings is 1. The first-order valence-electron chi connectivity index (χ1n) is 7.18. The van der Waals surface area contributed by atoms with E-state index in [-0.39, 0.29) is 5.78 Å². The van der Waals surface area contributed by atoms with Gasteiger partial charge in [-0.15, -0.1) is 0 Å². The predicted octanol–water partition coefficient (Wildman–Crippen LogP) is 3.06. The molecule has 3 nitrogen and oxygen atoms in total. The summed E-state index contributed by atoms with van der Waals surface area (Å²) in [5, 5.41) is 0. The predicted molar refractivity (Wildman–Crippen MR) is 76.3 cm³/mol. The molecule has 1 aliphatic carbocycles. The van der Waals surface area contributed by atoms with E-state index >= 15 is 0 Å². The number of carbonyl (C=O) groups excluding carboxylic acids is 1. The van der Waals surface area contributed by atoms with Crippen LogP contribution < -0.4 is 9.64 Å². The Balaban J connectivity index is 1.95. The molecule has 1 fully saturated rings. The summed E-state index contributed by atoms with van der Waals surface area (Å²) < 4.78 is 5.51. The number of Topliss-reactive ketones (excluding diaryl/α,β-unsaturated/α-hetero) is 1. The number of hydrogen-bond donors (Lipinski definition) is 0. The standard InChI is InChI=1S/C16H21NO2/c1-11-5-7-17(8-6-11)14-9-12-3-4-15(18)13(12)10-16(14)19-2/h9-11H,3-8H2,1-2H3. The molecular formula is C16H21NO2. The van der Waals surface area contributed by atoms with Crippen LogP contribution in [0.1, 0.15) is 42.1 Å². The normalized spacial score (nSPS) is 19.7. The fourth-order valence-corrected chi connectivity index (χ4v) is 3.12. The highest BCUT2D eigenvalue weighted by Crippen LogP contribution is 2.37. The zero-order valence-electron chi connectivity index (χ0n) is 11.7. The fraction of sp³-hybridized carbons (Fsp3) is 0.562. The van der Waals surface area contributed by atoms with E-state index in [1.807, 2.05) is 6.07 Å². The van der Waals surface area contributed by atoms with E-state index < -0.39 is 0 Å². The first-order chi connectivity index (χ1) is 9.19. The highest BCUT2D eigenvalue weighted by molar-refractivity contribution is 6.01. The maximum atomic E-state index is 11.8. The molecule has 0 N–H and O–H groups in total. The lowest BCUT2D eigenvalue weighted by Crippen LogP contribution is -2.33. The lowest BCUT2D eigenvalue weighted by Gasteiger charge is -2.33. The van der Waals surface area contributed by atoms with Gasteiger partial charge in [-0.05, 0) is 42.9 Å².